The maximum atomic E-state index is 12.0. The van der Waals surface area contributed by atoms with Gasteiger partial charge in [0.25, 0.3) is 0 Å². The number of fused-ring (bicyclic) bond motifs is 1. The second kappa shape index (κ2) is 6.37. The van der Waals surface area contributed by atoms with Crippen molar-refractivity contribution >= 4 is 38.8 Å². The first-order valence-electron chi connectivity index (χ1n) is 6.88. The van der Waals surface area contributed by atoms with Crippen LogP contribution in [0.3, 0.4) is 0 Å². The molecule has 0 bridgehead atoms. The Labute approximate surface area is 131 Å². The van der Waals surface area contributed by atoms with E-state index in [4.69, 9.17) is 0 Å². The summed E-state index contributed by atoms with van der Waals surface area (Å²) in [4.78, 5) is 18.4. The van der Waals surface area contributed by atoms with Crippen LogP contribution >= 0.6 is 22.7 Å². The van der Waals surface area contributed by atoms with Crippen molar-refractivity contribution in [2.45, 2.75) is 19.3 Å². The number of aromatic nitrogens is 1. The van der Waals surface area contributed by atoms with E-state index in [0.717, 1.165) is 27.9 Å². The molecular weight excluding hydrogens is 300 g/mol. The average Bonchev–Trinajstić information content (AvgIpc) is 3.09. The third-order valence-electron chi connectivity index (χ3n) is 3.33. The number of nitrogens with zero attached hydrogens (tertiary/aromatic N) is 2. The van der Waals surface area contributed by atoms with E-state index in [1.54, 1.807) is 22.7 Å². The fourth-order valence-corrected chi connectivity index (χ4v) is 4.01. The summed E-state index contributed by atoms with van der Waals surface area (Å²) < 4.78 is 3.14. The fourth-order valence-electron chi connectivity index (χ4n) is 2.22. The summed E-state index contributed by atoms with van der Waals surface area (Å²) in [5.74, 6) is -0.0336. The fraction of sp³-hybridized carbons (Fsp3) is 0.250. The van der Waals surface area contributed by atoms with E-state index in [1.165, 1.54) is 4.88 Å². The third kappa shape index (κ3) is 3.31. The van der Waals surface area contributed by atoms with Crippen LogP contribution in [0.2, 0.25) is 0 Å². The van der Waals surface area contributed by atoms with Gasteiger partial charge in [0.1, 0.15) is 0 Å². The Balaban J connectivity index is 1.71. The van der Waals surface area contributed by atoms with E-state index >= 15 is 0 Å². The van der Waals surface area contributed by atoms with Gasteiger partial charge in [-0.25, -0.2) is 0 Å². The minimum absolute atomic E-state index is 0.0336. The third-order valence-corrected chi connectivity index (χ3v) is 5.38. The number of carbonyl (C=O) groups excluding carboxylic acids is 1. The van der Waals surface area contributed by atoms with Crippen LogP contribution in [0.4, 0.5) is 0 Å². The Kier molecular flexibility index (Phi) is 4.31. The number of amides is 1. The van der Waals surface area contributed by atoms with Crippen LogP contribution in [-0.2, 0) is 18.3 Å². The Morgan fingerprint density at radius 2 is 2.10 bits per heavy atom. The molecular formula is C16H16N2OS2. The van der Waals surface area contributed by atoms with Crippen LogP contribution in [0.15, 0.2) is 46.8 Å². The zero-order chi connectivity index (χ0) is 14.7. The number of thiophene rings is 1. The van der Waals surface area contributed by atoms with Crippen molar-refractivity contribution in [3.8, 4) is 0 Å². The SMILES string of the molecule is Cn1c(=NC(=O)CCCc2cccs2)sc2ccccc21. The molecule has 21 heavy (non-hydrogen) atoms. The second-order valence-electron chi connectivity index (χ2n) is 4.85. The van der Waals surface area contributed by atoms with Crippen molar-refractivity contribution in [3.63, 3.8) is 0 Å². The number of rotatable bonds is 4. The minimum Gasteiger partial charge on any atom is -0.319 e. The summed E-state index contributed by atoms with van der Waals surface area (Å²) in [6, 6.07) is 12.3. The first-order valence-corrected chi connectivity index (χ1v) is 8.58. The van der Waals surface area contributed by atoms with Gasteiger partial charge in [-0.1, -0.05) is 29.5 Å². The molecule has 0 spiro atoms. The van der Waals surface area contributed by atoms with Crippen LogP contribution in [0, 0.1) is 0 Å². The highest BCUT2D eigenvalue weighted by atomic mass is 32.1. The average molecular weight is 316 g/mol. The molecule has 5 heteroatoms. The van der Waals surface area contributed by atoms with Crippen molar-refractivity contribution < 1.29 is 4.79 Å². The Morgan fingerprint density at radius 1 is 1.24 bits per heavy atom. The van der Waals surface area contributed by atoms with Gasteiger partial charge in [-0.3, -0.25) is 4.79 Å². The van der Waals surface area contributed by atoms with Crippen LogP contribution in [0.1, 0.15) is 17.7 Å². The summed E-state index contributed by atoms with van der Waals surface area (Å²) in [7, 11) is 1.95. The molecule has 3 aromatic rings. The number of hydrogen-bond donors (Lipinski definition) is 0. The maximum absolute atomic E-state index is 12.0. The van der Waals surface area contributed by atoms with Crippen LogP contribution in [-0.4, -0.2) is 10.5 Å². The summed E-state index contributed by atoms with van der Waals surface area (Å²) in [6.45, 7) is 0. The molecule has 0 aliphatic rings. The van der Waals surface area contributed by atoms with E-state index in [-0.39, 0.29) is 5.91 Å². The monoisotopic (exact) mass is 316 g/mol. The highest BCUT2D eigenvalue weighted by molar-refractivity contribution is 7.16. The van der Waals surface area contributed by atoms with Gasteiger partial charge >= 0.3 is 0 Å². The lowest BCUT2D eigenvalue weighted by atomic mass is 10.2. The predicted molar refractivity (Wildman–Crippen MR) is 88.6 cm³/mol. The summed E-state index contributed by atoms with van der Waals surface area (Å²) in [5, 5.41) is 2.07. The number of carbonyl (C=O) groups is 1. The first-order chi connectivity index (χ1) is 10.2. The topological polar surface area (TPSA) is 34.4 Å². The molecule has 0 fully saturated rings. The molecule has 0 unspecified atom stereocenters. The molecule has 2 aromatic heterocycles. The van der Waals surface area contributed by atoms with Crippen molar-refractivity contribution in [1.82, 2.24) is 4.57 Å². The Hall–Kier alpha value is -1.72. The van der Waals surface area contributed by atoms with Crippen LogP contribution in [0.25, 0.3) is 10.2 Å². The molecule has 2 heterocycles. The van der Waals surface area contributed by atoms with Crippen molar-refractivity contribution in [2.75, 3.05) is 0 Å². The lowest BCUT2D eigenvalue weighted by Gasteiger charge is -1.96. The zero-order valence-corrected chi connectivity index (χ0v) is 13.4. The first kappa shape index (κ1) is 14.2. The number of aryl methyl sites for hydroxylation is 2. The number of benzene rings is 1. The van der Waals surface area contributed by atoms with Gasteiger partial charge in [-0.15, -0.1) is 11.3 Å². The van der Waals surface area contributed by atoms with E-state index in [9.17, 15) is 4.79 Å². The van der Waals surface area contributed by atoms with E-state index in [0.29, 0.717) is 6.42 Å². The zero-order valence-electron chi connectivity index (χ0n) is 11.8. The summed E-state index contributed by atoms with van der Waals surface area (Å²) in [6.07, 6.45) is 2.32. The molecule has 3 rings (SSSR count). The smallest absolute Gasteiger partial charge is 0.248 e. The van der Waals surface area contributed by atoms with Gasteiger partial charge in [-0.2, -0.15) is 4.99 Å². The molecule has 0 aliphatic carbocycles. The van der Waals surface area contributed by atoms with Gasteiger partial charge in [0.15, 0.2) is 4.80 Å². The largest absolute Gasteiger partial charge is 0.319 e. The quantitative estimate of drug-likeness (QED) is 0.722. The molecule has 1 amide bonds. The van der Waals surface area contributed by atoms with Crippen LogP contribution in [0.5, 0.6) is 0 Å². The standard InChI is InChI=1S/C16H16N2OS2/c1-18-13-8-2-3-9-14(13)21-16(18)17-15(19)10-4-6-12-7-5-11-20-12/h2-3,5,7-9,11H,4,6,10H2,1H3. The van der Waals surface area contributed by atoms with Gasteiger partial charge in [0.05, 0.1) is 10.2 Å². The highest BCUT2D eigenvalue weighted by Gasteiger charge is 2.05. The van der Waals surface area contributed by atoms with Crippen molar-refractivity contribution in [2.24, 2.45) is 12.0 Å². The molecule has 0 atom stereocenters. The molecule has 0 saturated carbocycles. The number of para-hydroxylation sites is 1. The van der Waals surface area contributed by atoms with Gasteiger partial charge in [0.2, 0.25) is 5.91 Å². The van der Waals surface area contributed by atoms with Gasteiger partial charge in [-0.05, 0) is 36.4 Å². The van der Waals surface area contributed by atoms with Crippen molar-refractivity contribution in [3.05, 3.63) is 51.5 Å². The van der Waals surface area contributed by atoms with Crippen molar-refractivity contribution in [1.29, 1.82) is 0 Å². The minimum atomic E-state index is -0.0336. The molecule has 0 saturated heterocycles. The molecule has 0 radical (unpaired) electrons. The van der Waals surface area contributed by atoms with E-state index in [1.807, 2.05) is 35.9 Å². The molecule has 3 nitrogen and oxygen atoms in total. The van der Waals surface area contributed by atoms with E-state index < -0.39 is 0 Å². The molecule has 0 aliphatic heterocycles. The Morgan fingerprint density at radius 3 is 2.86 bits per heavy atom. The van der Waals surface area contributed by atoms with Gasteiger partial charge < -0.3 is 4.57 Å². The molecule has 1 aromatic carbocycles. The van der Waals surface area contributed by atoms with E-state index in [2.05, 4.69) is 22.5 Å². The second-order valence-corrected chi connectivity index (χ2v) is 6.89. The highest BCUT2D eigenvalue weighted by Crippen LogP contribution is 2.15. The number of thiazole rings is 1. The maximum Gasteiger partial charge on any atom is 0.248 e. The van der Waals surface area contributed by atoms with Crippen LogP contribution < -0.4 is 4.80 Å². The Bertz CT molecular complexity index is 812. The summed E-state index contributed by atoms with van der Waals surface area (Å²) >= 11 is 3.30. The number of hydrogen-bond acceptors (Lipinski definition) is 3. The normalized spacial score (nSPS) is 12.1. The molecule has 0 N–H and O–H groups in total. The lowest BCUT2D eigenvalue weighted by Crippen LogP contribution is -2.13. The lowest BCUT2D eigenvalue weighted by molar-refractivity contribution is -0.118. The summed E-state index contributed by atoms with van der Waals surface area (Å²) in [5.41, 5.74) is 1.12. The van der Waals surface area contributed by atoms with Gasteiger partial charge in [0, 0.05) is 18.3 Å². The predicted octanol–water partition coefficient (Wildman–Crippen LogP) is 3.75. The molecule has 108 valence electrons.